The predicted octanol–water partition coefficient (Wildman–Crippen LogP) is 4.43. The SMILES string of the molecule is O=C1NC(=O)C(=Cc2ccc3ncn(Cc4ccc(C(F)(F)F)cc4)c3c2)S1. The summed E-state index contributed by atoms with van der Waals surface area (Å²) in [5.74, 6) is -0.437. The lowest BCUT2D eigenvalue weighted by Crippen LogP contribution is -2.17. The zero-order chi connectivity index (χ0) is 19.9. The third-order valence-corrected chi connectivity index (χ3v) is 5.03. The van der Waals surface area contributed by atoms with Gasteiger partial charge >= 0.3 is 6.18 Å². The molecule has 0 saturated carbocycles. The number of aromatic nitrogens is 2. The van der Waals surface area contributed by atoms with Crippen molar-refractivity contribution < 1.29 is 22.8 Å². The second-order valence-electron chi connectivity index (χ2n) is 6.17. The Labute approximate surface area is 161 Å². The first-order valence-corrected chi connectivity index (χ1v) is 8.97. The van der Waals surface area contributed by atoms with Gasteiger partial charge in [0, 0.05) is 6.54 Å². The Kier molecular flexibility index (Phi) is 4.46. The molecule has 2 aromatic carbocycles. The quantitative estimate of drug-likeness (QED) is 0.658. The van der Waals surface area contributed by atoms with E-state index in [0.717, 1.165) is 29.4 Å². The Hall–Kier alpha value is -3.07. The van der Waals surface area contributed by atoms with Crippen LogP contribution < -0.4 is 5.32 Å². The second kappa shape index (κ2) is 6.83. The van der Waals surface area contributed by atoms with Crippen LogP contribution in [-0.4, -0.2) is 20.7 Å². The normalized spacial score (nSPS) is 16.2. The van der Waals surface area contributed by atoms with Crippen LogP contribution in [0.2, 0.25) is 0 Å². The molecule has 0 radical (unpaired) electrons. The van der Waals surface area contributed by atoms with Crippen molar-refractivity contribution in [3.8, 4) is 0 Å². The van der Waals surface area contributed by atoms with E-state index in [0.29, 0.717) is 28.1 Å². The summed E-state index contributed by atoms with van der Waals surface area (Å²) in [6.07, 6.45) is -1.14. The lowest BCUT2D eigenvalue weighted by molar-refractivity contribution is -0.137. The van der Waals surface area contributed by atoms with E-state index in [1.165, 1.54) is 12.1 Å². The van der Waals surface area contributed by atoms with E-state index in [1.807, 2.05) is 10.6 Å². The number of hydrogen-bond acceptors (Lipinski definition) is 4. The molecule has 0 spiro atoms. The van der Waals surface area contributed by atoms with Crippen molar-refractivity contribution in [2.24, 2.45) is 0 Å². The van der Waals surface area contributed by atoms with Crippen LogP contribution in [0.3, 0.4) is 0 Å². The van der Waals surface area contributed by atoms with E-state index in [1.54, 1.807) is 24.5 Å². The van der Waals surface area contributed by atoms with Gasteiger partial charge in [-0.2, -0.15) is 13.2 Å². The van der Waals surface area contributed by atoms with Gasteiger partial charge < -0.3 is 4.57 Å². The minimum Gasteiger partial charge on any atom is -0.326 e. The molecule has 0 unspecified atom stereocenters. The number of imide groups is 1. The number of imidazole rings is 1. The highest BCUT2D eigenvalue weighted by molar-refractivity contribution is 8.18. The van der Waals surface area contributed by atoms with Gasteiger partial charge in [-0.05, 0) is 53.2 Å². The van der Waals surface area contributed by atoms with E-state index < -0.39 is 22.9 Å². The zero-order valence-electron chi connectivity index (χ0n) is 14.2. The number of carbonyl (C=O) groups excluding carboxylic acids is 2. The largest absolute Gasteiger partial charge is 0.416 e. The van der Waals surface area contributed by atoms with Crippen molar-refractivity contribution in [2.45, 2.75) is 12.7 Å². The number of thioether (sulfide) groups is 1. The molecule has 3 aromatic rings. The fourth-order valence-electron chi connectivity index (χ4n) is 2.86. The Morgan fingerprint density at radius 2 is 1.86 bits per heavy atom. The lowest BCUT2D eigenvalue weighted by Gasteiger charge is -2.09. The Bertz CT molecular complexity index is 1120. The van der Waals surface area contributed by atoms with E-state index in [-0.39, 0.29) is 0 Å². The first-order chi connectivity index (χ1) is 13.3. The molecule has 2 amide bonds. The van der Waals surface area contributed by atoms with Gasteiger partial charge in [0.2, 0.25) is 0 Å². The molecule has 1 aromatic heterocycles. The van der Waals surface area contributed by atoms with E-state index in [9.17, 15) is 22.8 Å². The zero-order valence-corrected chi connectivity index (χ0v) is 15.0. The van der Waals surface area contributed by atoms with Gasteiger partial charge in [-0.1, -0.05) is 18.2 Å². The van der Waals surface area contributed by atoms with Crippen LogP contribution >= 0.6 is 11.8 Å². The molecule has 1 saturated heterocycles. The number of hydrogen-bond donors (Lipinski definition) is 1. The van der Waals surface area contributed by atoms with Gasteiger partial charge in [0.25, 0.3) is 11.1 Å². The molecule has 0 atom stereocenters. The Morgan fingerprint density at radius 1 is 1.11 bits per heavy atom. The average Bonchev–Trinajstić information content (AvgIpc) is 3.17. The Balaban J connectivity index is 1.62. The van der Waals surface area contributed by atoms with Crippen molar-refractivity contribution in [1.29, 1.82) is 0 Å². The number of amides is 2. The first-order valence-electron chi connectivity index (χ1n) is 8.15. The highest BCUT2D eigenvalue weighted by atomic mass is 32.2. The van der Waals surface area contributed by atoms with E-state index in [4.69, 9.17) is 0 Å². The van der Waals surface area contributed by atoms with Gasteiger partial charge in [-0.15, -0.1) is 0 Å². The van der Waals surface area contributed by atoms with Crippen molar-refractivity contribution in [3.63, 3.8) is 0 Å². The summed E-state index contributed by atoms with van der Waals surface area (Å²) in [5, 5.41) is 1.79. The van der Waals surface area contributed by atoms with Crippen LogP contribution in [0.25, 0.3) is 17.1 Å². The molecule has 1 aliphatic rings. The summed E-state index contributed by atoms with van der Waals surface area (Å²) in [7, 11) is 0. The van der Waals surface area contributed by atoms with Crippen molar-refractivity contribution in [1.82, 2.24) is 14.9 Å². The standard InChI is InChI=1S/C19H12F3N3O2S/c20-19(21,22)13-4-1-11(2-5-13)9-25-10-23-14-6-3-12(7-15(14)25)8-16-17(26)24-18(27)28-16/h1-8,10H,9H2,(H,24,26,27). The second-order valence-corrected chi connectivity index (χ2v) is 7.18. The third kappa shape index (κ3) is 3.65. The number of rotatable bonds is 3. The monoisotopic (exact) mass is 403 g/mol. The minimum absolute atomic E-state index is 0.304. The number of carbonyl (C=O) groups is 2. The van der Waals surface area contributed by atoms with Crippen LogP contribution in [-0.2, 0) is 17.5 Å². The molecule has 5 nitrogen and oxygen atoms in total. The number of alkyl halides is 3. The molecule has 0 aliphatic carbocycles. The molecule has 0 bridgehead atoms. The average molecular weight is 403 g/mol. The number of fused-ring (bicyclic) bond motifs is 1. The van der Waals surface area contributed by atoms with Crippen LogP contribution in [0.5, 0.6) is 0 Å². The molecule has 28 heavy (non-hydrogen) atoms. The number of halogens is 3. The smallest absolute Gasteiger partial charge is 0.326 e. The number of nitrogens with zero attached hydrogens (tertiary/aromatic N) is 2. The van der Waals surface area contributed by atoms with Crippen LogP contribution in [0.15, 0.2) is 53.7 Å². The fourth-order valence-corrected chi connectivity index (χ4v) is 3.54. The first kappa shape index (κ1) is 18.3. The third-order valence-electron chi connectivity index (χ3n) is 4.22. The molecule has 1 N–H and O–H groups in total. The lowest BCUT2D eigenvalue weighted by atomic mass is 10.1. The molecular weight excluding hydrogens is 391 g/mol. The maximum absolute atomic E-state index is 12.7. The van der Waals surface area contributed by atoms with Gasteiger partial charge in [-0.3, -0.25) is 14.9 Å². The van der Waals surface area contributed by atoms with Gasteiger partial charge in [0.1, 0.15) is 0 Å². The van der Waals surface area contributed by atoms with Crippen LogP contribution in [0, 0.1) is 0 Å². The molecule has 2 heterocycles. The van der Waals surface area contributed by atoms with Crippen molar-refractivity contribution in [2.75, 3.05) is 0 Å². The summed E-state index contributed by atoms with van der Waals surface area (Å²) in [5.41, 5.74) is 2.21. The molecule has 1 aliphatic heterocycles. The molecule has 4 rings (SSSR count). The number of nitrogens with one attached hydrogen (secondary N) is 1. The van der Waals surface area contributed by atoms with Crippen molar-refractivity contribution in [3.05, 3.63) is 70.4 Å². The highest BCUT2D eigenvalue weighted by Gasteiger charge is 2.30. The van der Waals surface area contributed by atoms with E-state index >= 15 is 0 Å². The highest BCUT2D eigenvalue weighted by Crippen LogP contribution is 2.30. The van der Waals surface area contributed by atoms with Crippen LogP contribution in [0.4, 0.5) is 18.0 Å². The van der Waals surface area contributed by atoms with Crippen molar-refractivity contribution >= 4 is 40.0 Å². The minimum atomic E-state index is -4.37. The maximum Gasteiger partial charge on any atom is 0.416 e. The van der Waals surface area contributed by atoms with Gasteiger partial charge in [0.15, 0.2) is 0 Å². The summed E-state index contributed by atoms with van der Waals surface area (Å²) in [6.45, 7) is 0.350. The topological polar surface area (TPSA) is 64.0 Å². The summed E-state index contributed by atoms with van der Waals surface area (Å²) < 4.78 is 39.9. The van der Waals surface area contributed by atoms with Gasteiger partial charge in [-0.25, -0.2) is 4.98 Å². The fraction of sp³-hybridized carbons (Fsp3) is 0.105. The summed E-state index contributed by atoms with van der Waals surface area (Å²) >= 11 is 0.833. The Morgan fingerprint density at radius 3 is 2.50 bits per heavy atom. The van der Waals surface area contributed by atoms with E-state index in [2.05, 4.69) is 10.3 Å². The number of benzene rings is 2. The van der Waals surface area contributed by atoms with Crippen LogP contribution in [0.1, 0.15) is 16.7 Å². The predicted molar refractivity (Wildman–Crippen MR) is 99.4 cm³/mol. The molecular formula is C19H12F3N3O2S. The molecule has 142 valence electrons. The maximum atomic E-state index is 12.7. The molecule has 1 fully saturated rings. The summed E-state index contributed by atoms with van der Waals surface area (Å²) in [6, 6.07) is 10.4. The summed E-state index contributed by atoms with van der Waals surface area (Å²) in [4.78, 5) is 27.6. The van der Waals surface area contributed by atoms with Gasteiger partial charge in [0.05, 0.1) is 27.8 Å². The molecule has 9 heteroatoms.